The van der Waals surface area contributed by atoms with Crippen LogP contribution in [0.2, 0.25) is 0 Å². The van der Waals surface area contributed by atoms with E-state index in [1.165, 1.54) is 0 Å². The first-order valence-electron chi connectivity index (χ1n) is 8.24. The fourth-order valence-corrected chi connectivity index (χ4v) is 2.26. The van der Waals surface area contributed by atoms with Crippen LogP contribution in [-0.4, -0.2) is 50.8 Å². The summed E-state index contributed by atoms with van der Waals surface area (Å²) in [4.78, 5) is 4.68. The highest BCUT2D eigenvalue weighted by Gasteiger charge is 2.15. The molecule has 0 aromatic heterocycles. The van der Waals surface area contributed by atoms with Crippen molar-refractivity contribution in [1.29, 1.82) is 0 Å². The van der Waals surface area contributed by atoms with E-state index in [-0.39, 0.29) is 28.7 Å². The third-order valence-electron chi connectivity index (χ3n) is 3.69. The number of guanidine groups is 1. The SMILES string of the molecule is CCNC(=NCC(C)(C)SC)NCCc1cc(OC)ccc1OC.I. The Morgan fingerprint density at radius 2 is 1.92 bits per heavy atom. The van der Waals surface area contributed by atoms with E-state index in [9.17, 15) is 0 Å². The van der Waals surface area contributed by atoms with Gasteiger partial charge in [-0.3, -0.25) is 4.99 Å². The van der Waals surface area contributed by atoms with E-state index in [2.05, 4.69) is 42.7 Å². The van der Waals surface area contributed by atoms with E-state index in [0.29, 0.717) is 0 Å². The Bertz CT molecular complexity index is 539. The van der Waals surface area contributed by atoms with Gasteiger partial charge in [0.25, 0.3) is 0 Å². The second-order valence-corrected chi connectivity index (χ2v) is 7.53. The van der Waals surface area contributed by atoms with Crippen molar-refractivity contribution in [2.45, 2.75) is 31.9 Å². The van der Waals surface area contributed by atoms with E-state index in [1.54, 1.807) is 14.2 Å². The van der Waals surface area contributed by atoms with Crippen LogP contribution in [0.1, 0.15) is 26.3 Å². The average Bonchev–Trinajstić information content (AvgIpc) is 2.59. The van der Waals surface area contributed by atoms with Crippen LogP contribution in [0.3, 0.4) is 0 Å². The zero-order chi connectivity index (χ0) is 18.0. The summed E-state index contributed by atoms with van der Waals surface area (Å²) in [6.45, 7) is 8.86. The topological polar surface area (TPSA) is 54.9 Å². The molecule has 0 heterocycles. The lowest BCUT2D eigenvalue weighted by atomic mass is 10.1. The smallest absolute Gasteiger partial charge is 0.191 e. The minimum absolute atomic E-state index is 0. The van der Waals surface area contributed by atoms with E-state index in [1.807, 2.05) is 30.0 Å². The van der Waals surface area contributed by atoms with Crippen molar-refractivity contribution in [2.75, 3.05) is 40.1 Å². The first-order valence-corrected chi connectivity index (χ1v) is 9.46. The van der Waals surface area contributed by atoms with E-state index in [4.69, 9.17) is 9.47 Å². The Morgan fingerprint density at radius 1 is 1.20 bits per heavy atom. The number of benzene rings is 1. The highest BCUT2D eigenvalue weighted by atomic mass is 127. The maximum atomic E-state index is 5.42. The van der Waals surface area contributed by atoms with Crippen LogP contribution < -0.4 is 20.1 Å². The van der Waals surface area contributed by atoms with Crippen LogP contribution in [0.5, 0.6) is 11.5 Å². The summed E-state index contributed by atoms with van der Waals surface area (Å²) in [7, 11) is 3.36. The molecule has 7 heteroatoms. The van der Waals surface area contributed by atoms with E-state index in [0.717, 1.165) is 49.1 Å². The van der Waals surface area contributed by atoms with Gasteiger partial charge in [-0.2, -0.15) is 11.8 Å². The zero-order valence-corrected chi connectivity index (χ0v) is 19.3. The third kappa shape index (κ3) is 8.89. The van der Waals surface area contributed by atoms with Crippen molar-refractivity contribution in [3.8, 4) is 11.5 Å². The lowest BCUT2D eigenvalue weighted by molar-refractivity contribution is 0.398. The lowest BCUT2D eigenvalue weighted by Crippen LogP contribution is -2.39. The van der Waals surface area contributed by atoms with Crippen molar-refractivity contribution < 1.29 is 9.47 Å². The second kappa shape index (κ2) is 12.5. The van der Waals surface area contributed by atoms with Crippen molar-refractivity contribution in [3.63, 3.8) is 0 Å². The van der Waals surface area contributed by atoms with Crippen LogP contribution in [0, 0.1) is 0 Å². The Balaban J connectivity index is 0.00000576. The fourth-order valence-electron chi connectivity index (χ4n) is 2.07. The molecule has 0 spiro atoms. The highest BCUT2D eigenvalue weighted by molar-refractivity contribution is 14.0. The largest absolute Gasteiger partial charge is 0.497 e. The van der Waals surface area contributed by atoms with Gasteiger partial charge in [0.05, 0.1) is 20.8 Å². The summed E-state index contributed by atoms with van der Waals surface area (Å²) in [5, 5.41) is 6.68. The first kappa shape index (κ1) is 24.2. The minimum Gasteiger partial charge on any atom is -0.497 e. The van der Waals surface area contributed by atoms with Crippen LogP contribution in [0.25, 0.3) is 0 Å². The molecule has 1 aromatic rings. The number of hydrogen-bond donors (Lipinski definition) is 2. The summed E-state index contributed by atoms with van der Waals surface area (Å²) < 4.78 is 10.9. The third-order valence-corrected chi connectivity index (χ3v) is 4.92. The summed E-state index contributed by atoms with van der Waals surface area (Å²) in [5.74, 6) is 2.57. The van der Waals surface area contributed by atoms with Crippen molar-refractivity contribution in [3.05, 3.63) is 23.8 Å². The quantitative estimate of drug-likeness (QED) is 0.321. The standard InChI is InChI=1S/C18H31N3O2S.HI/c1-7-19-17(21-13-18(2,3)24-6)20-11-10-14-12-15(22-4)8-9-16(14)23-5;/h8-9,12H,7,10-11,13H2,1-6H3,(H2,19,20,21);1H. The lowest BCUT2D eigenvalue weighted by Gasteiger charge is -2.20. The molecular formula is C18H32IN3O2S. The maximum absolute atomic E-state index is 5.42. The van der Waals surface area contributed by atoms with Crippen LogP contribution in [-0.2, 0) is 6.42 Å². The normalized spacial score (nSPS) is 11.5. The molecule has 25 heavy (non-hydrogen) atoms. The maximum Gasteiger partial charge on any atom is 0.191 e. The Morgan fingerprint density at radius 3 is 2.48 bits per heavy atom. The Labute approximate surface area is 173 Å². The molecule has 0 aliphatic heterocycles. The van der Waals surface area contributed by atoms with E-state index < -0.39 is 0 Å². The van der Waals surface area contributed by atoms with Crippen LogP contribution in [0.4, 0.5) is 0 Å². The van der Waals surface area contributed by atoms with E-state index >= 15 is 0 Å². The number of nitrogens with one attached hydrogen (secondary N) is 2. The number of halogens is 1. The Kier molecular flexibility index (Phi) is 12.1. The molecule has 0 aliphatic rings. The number of hydrogen-bond acceptors (Lipinski definition) is 4. The summed E-state index contributed by atoms with van der Waals surface area (Å²) in [6, 6.07) is 5.86. The summed E-state index contributed by atoms with van der Waals surface area (Å²) >= 11 is 1.82. The monoisotopic (exact) mass is 481 g/mol. The van der Waals surface area contributed by atoms with Crippen molar-refractivity contribution >= 4 is 41.7 Å². The number of thioether (sulfide) groups is 1. The van der Waals surface area contributed by atoms with Gasteiger partial charge >= 0.3 is 0 Å². The van der Waals surface area contributed by atoms with Gasteiger partial charge in [-0.1, -0.05) is 0 Å². The molecule has 0 bridgehead atoms. The van der Waals surface area contributed by atoms with Gasteiger partial charge in [0.2, 0.25) is 0 Å². The van der Waals surface area contributed by atoms with Gasteiger partial charge in [0.1, 0.15) is 11.5 Å². The zero-order valence-electron chi connectivity index (χ0n) is 16.1. The van der Waals surface area contributed by atoms with Gasteiger partial charge in [0.15, 0.2) is 5.96 Å². The van der Waals surface area contributed by atoms with Crippen molar-refractivity contribution in [1.82, 2.24) is 10.6 Å². The predicted octanol–water partition coefficient (Wildman–Crippen LogP) is 3.56. The molecule has 5 nitrogen and oxygen atoms in total. The number of ether oxygens (including phenoxy) is 2. The van der Waals surface area contributed by atoms with Gasteiger partial charge in [-0.25, -0.2) is 0 Å². The van der Waals surface area contributed by atoms with Gasteiger partial charge < -0.3 is 20.1 Å². The molecule has 2 N–H and O–H groups in total. The molecule has 0 amide bonds. The molecule has 0 fully saturated rings. The van der Waals surface area contributed by atoms with Gasteiger partial charge in [-0.15, -0.1) is 24.0 Å². The molecule has 0 atom stereocenters. The van der Waals surface area contributed by atoms with Crippen molar-refractivity contribution in [2.24, 2.45) is 4.99 Å². The average molecular weight is 481 g/mol. The summed E-state index contributed by atoms with van der Waals surface area (Å²) in [6.07, 6.45) is 2.95. The number of methoxy groups -OCH3 is 2. The van der Waals surface area contributed by atoms with Gasteiger partial charge in [-0.05, 0) is 57.2 Å². The highest BCUT2D eigenvalue weighted by Crippen LogP contribution is 2.24. The first-order chi connectivity index (χ1) is 11.5. The molecule has 1 rings (SSSR count). The molecule has 144 valence electrons. The van der Waals surface area contributed by atoms with Gasteiger partial charge in [0, 0.05) is 17.8 Å². The Hall–Kier alpha value is -0.830. The molecule has 0 saturated heterocycles. The fraction of sp³-hybridized carbons (Fsp3) is 0.611. The number of rotatable bonds is 9. The van der Waals surface area contributed by atoms with Crippen LogP contribution in [0.15, 0.2) is 23.2 Å². The number of aliphatic imine (C=N–C) groups is 1. The van der Waals surface area contributed by atoms with Crippen LogP contribution >= 0.6 is 35.7 Å². The molecule has 1 aromatic carbocycles. The molecule has 0 aliphatic carbocycles. The molecular weight excluding hydrogens is 449 g/mol. The number of nitrogens with zero attached hydrogens (tertiary/aromatic N) is 1. The molecule has 0 unspecified atom stereocenters. The molecule has 0 radical (unpaired) electrons. The molecule has 0 saturated carbocycles. The summed E-state index contributed by atoms with van der Waals surface area (Å²) in [5.41, 5.74) is 1.12. The second-order valence-electron chi connectivity index (χ2n) is 6.01. The minimum atomic E-state index is 0. The predicted molar refractivity (Wildman–Crippen MR) is 120 cm³/mol.